The Morgan fingerprint density at radius 1 is 1.53 bits per heavy atom. The summed E-state index contributed by atoms with van der Waals surface area (Å²) in [5, 5.41) is 8.63. The van der Waals surface area contributed by atoms with Gasteiger partial charge in [-0.2, -0.15) is 4.31 Å². The molecule has 1 aliphatic rings. The third-order valence-corrected chi connectivity index (χ3v) is 4.62. The molecule has 0 unspecified atom stereocenters. The van der Waals surface area contributed by atoms with E-state index in [4.69, 9.17) is 5.11 Å². The number of sulfonamides is 1. The van der Waals surface area contributed by atoms with Crippen LogP contribution in [0, 0.1) is 0 Å². The zero-order valence-electron chi connectivity index (χ0n) is 9.17. The van der Waals surface area contributed by atoms with Crippen molar-refractivity contribution in [1.82, 2.24) is 9.29 Å². The average Bonchev–Trinajstić information content (AvgIpc) is 2.92. The highest BCUT2D eigenvalue weighted by atomic mass is 32.2. The summed E-state index contributed by atoms with van der Waals surface area (Å²) in [5.41, 5.74) is 0. The number of hydrogen-bond donors (Lipinski definition) is 2. The van der Waals surface area contributed by atoms with Gasteiger partial charge in [-0.15, -0.1) is 0 Å². The van der Waals surface area contributed by atoms with Gasteiger partial charge in [-0.25, -0.2) is 8.42 Å². The van der Waals surface area contributed by atoms with Gasteiger partial charge in [0.05, 0.1) is 11.3 Å². The van der Waals surface area contributed by atoms with E-state index in [0.29, 0.717) is 0 Å². The first-order valence-electron chi connectivity index (χ1n) is 5.38. The third kappa shape index (κ3) is 2.67. The lowest BCUT2D eigenvalue weighted by molar-refractivity contribution is -0.137. The topological polar surface area (TPSA) is 90.5 Å². The quantitative estimate of drug-likeness (QED) is 0.783. The molecule has 1 fully saturated rings. The molecular weight excluding hydrogens is 244 g/mol. The Balaban J connectivity index is 2.18. The second kappa shape index (κ2) is 4.50. The summed E-state index contributed by atoms with van der Waals surface area (Å²) in [7, 11) is -3.55. The minimum absolute atomic E-state index is 0.0331. The molecule has 7 heteroatoms. The number of aromatic amines is 1. The van der Waals surface area contributed by atoms with Gasteiger partial charge in [0.25, 0.3) is 0 Å². The maximum Gasteiger partial charge on any atom is 0.304 e. The molecule has 1 aromatic rings. The number of H-pyrrole nitrogens is 1. The van der Waals surface area contributed by atoms with Crippen molar-refractivity contribution in [2.24, 2.45) is 0 Å². The Morgan fingerprint density at radius 2 is 2.24 bits per heavy atom. The van der Waals surface area contributed by atoms with E-state index in [1.54, 1.807) is 0 Å². The number of carbonyl (C=O) groups is 1. The van der Waals surface area contributed by atoms with E-state index >= 15 is 0 Å². The molecule has 1 aliphatic carbocycles. The summed E-state index contributed by atoms with van der Waals surface area (Å²) in [5.74, 6) is -0.986. The molecule has 1 heterocycles. The van der Waals surface area contributed by atoms with Crippen LogP contribution in [0.1, 0.15) is 19.3 Å². The van der Waals surface area contributed by atoms with Crippen LogP contribution in [0.15, 0.2) is 23.4 Å². The van der Waals surface area contributed by atoms with E-state index in [2.05, 4.69) is 4.98 Å². The third-order valence-electron chi connectivity index (χ3n) is 2.68. The standard InChI is InChI=1S/C10H14N2O4S/c13-10(14)4-6-12(8-1-2-8)17(15,16)9-3-5-11-7-9/h3,5,7-8,11H,1-2,4,6H2,(H,13,14). The van der Waals surface area contributed by atoms with E-state index in [9.17, 15) is 13.2 Å². The summed E-state index contributed by atoms with van der Waals surface area (Å²) in [4.78, 5) is 13.4. The van der Waals surface area contributed by atoms with Crippen LogP contribution in [0.5, 0.6) is 0 Å². The van der Waals surface area contributed by atoms with Crippen LogP contribution in [0.3, 0.4) is 0 Å². The van der Waals surface area contributed by atoms with Crippen molar-refractivity contribution < 1.29 is 18.3 Å². The van der Waals surface area contributed by atoms with Crippen LogP contribution in [-0.2, 0) is 14.8 Å². The van der Waals surface area contributed by atoms with E-state index in [-0.39, 0.29) is 23.9 Å². The predicted molar refractivity (Wildman–Crippen MR) is 60.0 cm³/mol. The molecule has 0 aromatic carbocycles. The monoisotopic (exact) mass is 258 g/mol. The van der Waals surface area contributed by atoms with Crippen LogP contribution in [0.25, 0.3) is 0 Å². The molecule has 2 N–H and O–H groups in total. The molecule has 0 amide bonds. The van der Waals surface area contributed by atoms with Gasteiger partial charge < -0.3 is 10.1 Å². The second-order valence-corrected chi connectivity index (χ2v) is 5.93. The maximum absolute atomic E-state index is 12.2. The van der Waals surface area contributed by atoms with Crippen molar-refractivity contribution in [2.75, 3.05) is 6.54 Å². The molecule has 17 heavy (non-hydrogen) atoms. The Labute approximate surface area is 99.3 Å². The summed E-state index contributed by atoms with van der Waals surface area (Å²) < 4.78 is 25.7. The van der Waals surface area contributed by atoms with E-state index in [1.165, 1.54) is 22.8 Å². The fourth-order valence-electron chi connectivity index (χ4n) is 1.67. The molecular formula is C10H14N2O4S. The van der Waals surface area contributed by atoms with Crippen molar-refractivity contribution in [3.63, 3.8) is 0 Å². The molecule has 1 aromatic heterocycles. The molecule has 0 atom stereocenters. The molecule has 0 radical (unpaired) electrons. The first-order valence-corrected chi connectivity index (χ1v) is 6.82. The average molecular weight is 258 g/mol. The lowest BCUT2D eigenvalue weighted by Gasteiger charge is -2.20. The number of rotatable bonds is 6. The number of carboxylic acid groups (broad SMARTS) is 1. The SMILES string of the molecule is O=C(O)CCN(C1CC1)S(=O)(=O)c1cc[nH]c1. The van der Waals surface area contributed by atoms with Gasteiger partial charge >= 0.3 is 5.97 Å². The van der Waals surface area contributed by atoms with Gasteiger partial charge in [0.2, 0.25) is 10.0 Å². The molecule has 0 bridgehead atoms. The maximum atomic E-state index is 12.2. The van der Waals surface area contributed by atoms with Crippen LogP contribution < -0.4 is 0 Å². The highest BCUT2D eigenvalue weighted by Gasteiger charge is 2.38. The van der Waals surface area contributed by atoms with Crippen molar-refractivity contribution in [2.45, 2.75) is 30.2 Å². The lowest BCUT2D eigenvalue weighted by atomic mass is 10.4. The van der Waals surface area contributed by atoms with Crippen molar-refractivity contribution >= 4 is 16.0 Å². The Bertz CT molecular complexity index is 490. The number of aliphatic carboxylic acids is 1. The molecule has 2 rings (SSSR count). The summed E-state index contributed by atoms with van der Waals surface area (Å²) in [6, 6.07) is 1.44. The Hall–Kier alpha value is -1.34. The van der Waals surface area contributed by atoms with Gasteiger partial charge in [0.15, 0.2) is 0 Å². The fraction of sp³-hybridized carbons (Fsp3) is 0.500. The van der Waals surface area contributed by atoms with E-state index < -0.39 is 16.0 Å². The van der Waals surface area contributed by atoms with Crippen molar-refractivity contribution in [1.29, 1.82) is 0 Å². The zero-order chi connectivity index (χ0) is 12.5. The fourth-order valence-corrected chi connectivity index (χ4v) is 3.33. The number of nitrogens with zero attached hydrogens (tertiary/aromatic N) is 1. The second-order valence-electron chi connectivity index (χ2n) is 4.04. The molecule has 94 valence electrons. The molecule has 6 nitrogen and oxygen atoms in total. The highest BCUT2D eigenvalue weighted by molar-refractivity contribution is 7.89. The van der Waals surface area contributed by atoms with Gasteiger partial charge in [0.1, 0.15) is 0 Å². The van der Waals surface area contributed by atoms with E-state index in [0.717, 1.165) is 12.8 Å². The van der Waals surface area contributed by atoms with Gasteiger partial charge in [0, 0.05) is 25.0 Å². The Kier molecular flexibility index (Phi) is 3.21. The van der Waals surface area contributed by atoms with Crippen LogP contribution in [0.2, 0.25) is 0 Å². The minimum Gasteiger partial charge on any atom is -0.481 e. The van der Waals surface area contributed by atoms with Crippen LogP contribution in [0.4, 0.5) is 0 Å². The smallest absolute Gasteiger partial charge is 0.304 e. The zero-order valence-corrected chi connectivity index (χ0v) is 9.98. The van der Waals surface area contributed by atoms with Crippen LogP contribution in [-0.4, -0.2) is 41.4 Å². The number of hydrogen-bond acceptors (Lipinski definition) is 3. The molecule has 0 aliphatic heterocycles. The lowest BCUT2D eigenvalue weighted by Crippen LogP contribution is -2.34. The van der Waals surface area contributed by atoms with E-state index in [1.807, 2.05) is 0 Å². The number of nitrogens with one attached hydrogen (secondary N) is 1. The van der Waals surface area contributed by atoms with Crippen LogP contribution >= 0.6 is 0 Å². The summed E-state index contributed by atoms with van der Waals surface area (Å²) >= 11 is 0. The molecule has 0 saturated heterocycles. The first kappa shape index (κ1) is 12.1. The summed E-state index contributed by atoms with van der Waals surface area (Å²) in [6.07, 6.45) is 4.40. The van der Waals surface area contributed by atoms with Gasteiger partial charge in [-0.1, -0.05) is 0 Å². The number of aromatic nitrogens is 1. The largest absolute Gasteiger partial charge is 0.481 e. The predicted octanol–water partition coefficient (Wildman–Crippen LogP) is 0.642. The van der Waals surface area contributed by atoms with Crippen molar-refractivity contribution in [3.8, 4) is 0 Å². The van der Waals surface area contributed by atoms with Gasteiger partial charge in [-0.3, -0.25) is 4.79 Å². The molecule has 0 spiro atoms. The number of carboxylic acids is 1. The highest BCUT2D eigenvalue weighted by Crippen LogP contribution is 2.31. The minimum atomic E-state index is -3.55. The van der Waals surface area contributed by atoms with Gasteiger partial charge in [-0.05, 0) is 18.9 Å². The Morgan fingerprint density at radius 3 is 2.71 bits per heavy atom. The normalized spacial score (nSPS) is 16.3. The van der Waals surface area contributed by atoms with Crippen molar-refractivity contribution in [3.05, 3.63) is 18.5 Å². The first-order chi connectivity index (χ1) is 8.01. The summed E-state index contributed by atoms with van der Waals surface area (Å²) in [6.45, 7) is 0.0352. The molecule has 1 saturated carbocycles.